The van der Waals surface area contributed by atoms with Crippen LogP contribution in [0.3, 0.4) is 0 Å². The van der Waals surface area contributed by atoms with Gasteiger partial charge in [-0.2, -0.15) is 13.2 Å². The number of benzene rings is 2. The fourth-order valence-electron chi connectivity index (χ4n) is 2.02. The summed E-state index contributed by atoms with van der Waals surface area (Å²) in [4.78, 5) is 4.08. The smallest absolute Gasteiger partial charge is 0.417 e. The molecule has 3 nitrogen and oxygen atoms in total. The van der Waals surface area contributed by atoms with E-state index in [-0.39, 0.29) is 11.5 Å². The lowest BCUT2D eigenvalue weighted by Crippen LogP contribution is -2.07. The first kappa shape index (κ1) is 13.9. The lowest BCUT2D eigenvalue weighted by Gasteiger charge is -2.10. The van der Waals surface area contributed by atoms with Crippen molar-refractivity contribution in [1.82, 2.24) is 4.98 Å². The van der Waals surface area contributed by atoms with Gasteiger partial charge in [-0.25, -0.2) is 4.98 Å². The molecule has 0 radical (unpaired) electrons. The highest BCUT2D eigenvalue weighted by atomic mass is 79.9. The summed E-state index contributed by atoms with van der Waals surface area (Å²) < 4.78 is 45.1. The minimum absolute atomic E-state index is 0.109. The van der Waals surface area contributed by atoms with Crippen LogP contribution in [-0.2, 0) is 6.18 Å². The van der Waals surface area contributed by atoms with Gasteiger partial charge in [0.2, 0.25) is 5.89 Å². The zero-order valence-corrected chi connectivity index (χ0v) is 12.0. The molecule has 0 saturated carbocycles. The number of para-hydroxylation sites is 1. The van der Waals surface area contributed by atoms with Gasteiger partial charge in [-0.3, -0.25) is 0 Å². The SMILES string of the molecule is Nc1cccc2oc(-c3ccc(Br)cc3C(F)(F)F)nc12. The molecule has 3 rings (SSSR count). The number of hydrogen-bond acceptors (Lipinski definition) is 3. The van der Waals surface area contributed by atoms with E-state index in [4.69, 9.17) is 10.2 Å². The van der Waals surface area contributed by atoms with Crippen LogP contribution in [0.4, 0.5) is 18.9 Å². The zero-order chi connectivity index (χ0) is 15.2. The van der Waals surface area contributed by atoms with Crippen molar-refractivity contribution in [2.45, 2.75) is 6.18 Å². The van der Waals surface area contributed by atoms with Crippen LogP contribution in [0.15, 0.2) is 45.3 Å². The van der Waals surface area contributed by atoms with Crippen molar-refractivity contribution in [2.75, 3.05) is 5.73 Å². The molecule has 0 aliphatic carbocycles. The standard InChI is InChI=1S/C14H8BrF3N2O/c15-7-4-5-8(9(6-7)14(16,17)18)13-20-12-10(19)2-1-3-11(12)21-13/h1-6H,19H2. The summed E-state index contributed by atoms with van der Waals surface area (Å²) in [6, 6.07) is 8.68. The summed E-state index contributed by atoms with van der Waals surface area (Å²) in [5.41, 5.74) is 5.86. The Bertz CT molecular complexity index is 827. The Morgan fingerprint density at radius 2 is 1.90 bits per heavy atom. The second kappa shape index (κ2) is 4.77. The van der Waals surface area contributed by atoms with Crippen LogP contribution in [0.25, 0.3) is 22.6 Å². The van der Waals surface area contributed by atoms with Gasteiger partial charge in [-0.05, 0) is 30.3 Å². The van der Waals surface area contributed by atoms with Gasteiger partial charge in [-0.1, -0.05) is 22.0 Å². The van der Waals surface area contributed by atoms with Crippen molar-refractivity contribution in [1.29, 1.82) is 0 Å². The zero-order valence-electron chi connectivity index (χ0n) is 10.4. The molecule has 0 aliphatic heterocycles. The maximum atomic E-state index is 13.1. The summed E-state index contributed by atoms with van der Waals surface area (Å²) in [6.07, 6.45) is -4.51. The third-order valence-corrected chi connectivity index (χ3v) is 3.46. The Morgan fingerprint density at radius 1 is 1.14 bits per heavy atom. The fraction of sp³-hybridized carbons (Fsp3) is 0.0714. The topological polar surface area (TPSA) is 52.0 Å². The number of nitrogens with two attached hydrogens (primary N) is 1. The molecule has 1 aromatic heterocycles. The summed E-state index contributed by atoms with van der Waals surface area (Å²) in [6.45, 7) is 0. The predicted octanol–water partition coefficient (Wildman–Crippen LogP) is 4.86. The van der Waals surface area contributed by atoms with E-state index in [1.807, 2.05) is 0 Å². The Morgan fingerprint density at radius 3 is 2.57 bits per heavy atom. The molecule has 0 unspecified atom stereocenters. The molecular formula is C14H8BrF3N2O. The lowest BCUT2D eigenvalue weighted by atomic mass is 10.1. The van der Waals surface area contributed by atoms with Crippen LogP contribution in [0.1, 0.15) is 5.56 Å². The van der Waals surface area contributed by atoms with Crippen molar-refractivity contribution in [2.24, 2.45) is 0 Å². The van der Waals surface area contributed by atoms with Crippen molar-refractivity contribution in [3.05, 3.63) is 46.4 Å². The van der Waals surface area contributed by atoms with Crippen molar-refractivity contribution in [3.63, 3.8) is 0 Å². The summed E-state index contributed by atoms with van der Waals surface area (Å²) in [7, 11) is 0. The minimum Gasteiger partial charge on any atom is -0.436 e. The van der Waals surface area contributed by atoms with Crippen molar-refractivity contribution >= 4 is 32.7 Å². The van der Waals surface area contributed by atoms with Gasteiger partial charge in [0, 0.05) is 10.0 Å². The molecule has 0 spiro atoms. The molecule has 7 heteroatoms. The molecule has 21 heavy (non-hydrogen) atoms. The van der Waals surface area contributed by atoms with Crippen molar-refractivity contribution < 1.29 is 17.6 Å². The number of hydrogen-bond donors (Lipinski definition) is 1. The highest BCUT2D eigenvalue weighted by molar-refractivity contribution is 9.10. The molecule has 108 valence electrons. The number of nitrogen functional groups attached to an aromatic ring is 1. The van der Waals surface area contributed by atoms with Crippen LogP contribution in [0, 0.1) is 0 Å². The van der Waals surface area contributed by atoms with Gasteiger partial charge in [0.25, 0.3) is 0 Å². The molecule has 0 amide bonds. The molecule has 0 atom stereocenters. The Hall–Kier alpha value is -2.02. The highest BCUT2D eigenvalue weighted by Crippen LogP contribution is 2.39. The van der Waals surface area contributed by atoms with Gasteiger partial charge >= 0.3 is 6.18 Å². The van der Waals surface area contributed by atoms with Crippen LogP contribution >= 0.6 is 15.9 Å². The third kappa shape index (κ3) is 2.49. The van der Waals surface area contributed by atoms with Gasteiger partial charge in [-0.15, -0.1) is 0 Å². The number of alkyl halides is 3. The number of aromatic nitrogens is 1. The van der Waals surface area contributed by atoms with E-state index in [0.29, 0.717) is 21.3 Å². The summed E-state index contributed by atoms with van der Waals surface area (Å²) in [5.74, 6) is -0.109. The first-order valence-electron chi connectivity index (χ1n) is 5.88. The third-order valence-electron chi connectivity index (χ3n) is 2.97. The number of anilines is 1. The molecular weight excluding hydrogens is 349 g/mol. The molecule has 0 fully saturated rings. The first-order chi connectivity index (χ1) is 9.86. The molecule has 2 N–H and O–H groups in total. The Labute approximate surface area is 125 Å². The molecule has 2 aromatic carbocycles. The van der Waals surface area contributed by atoms with Crippen LogP contribution in [0.5, 0.6) is 0 Å². The van der Waals surface area contributed by atoms with Crippen LogP contribution in [0.2, 0.25) is 0 Å². The summed E-state index contributed by atoms with van der Waals surface area (Å²) >= 11 is 3.04. The van der Waals surface area contributed by atoms with Gasteiger partial charge in [0.05, 0.1) is 11.3 Å². The number of oxazole rings is 1. The summed E-state index contributed by atoms with van der Waals surface area (Å²) in [5, 5.41) is 0. The predicted molar refractivity (Wildman–Crippen MR) is 76.6 cm³/mol. The average molecular weight is 357 g/mol. The maximum absolute atomic E-state index is 13.1. The van der Waals surface area contributed by atoms with Gasteiger partial charge in [0.15, 0.2) is 5.58 Å². The van der Waals surface area contributed by atoms with E-state index < -0.39 is 11.7 Å². The highest BCUT2D eigenvalue weighted by Gasteiger charge is 2.35. The van der Waals surface area contributed by atoms with E-state index in [2.05, 4.69) is 20.9 Å². The van der Waals surface area contributed by atoms with E-state index >= 15 is 0 Å². The fourth-order valence-corrected chi connectivity index (χ4v) is 2.38. The Balaban J connectivity index is 2.25. The normalized spacial score (nSPS) is 12.0. The molecule has 1 heterocycles. The first-order valence-corrected chi connectivity index (χ1v) is 6.68. The van der Waals surface area contributed by atoms with E-state index in [9.17, 15) is 13.2 Å². The van der Waals surface area contributed by atoms with E-state index in [1.165, 1.54) is 12.1 Å². The maximum Gasteiger partial charge on any atom is 0.417 e. The lowest BCUT2D eigenvalue weighted by molar-refractivity contribution is -0.137. The van der Waals surface area contributed by atoms with Crippen LogP contribution in [-0.4, -0.2) is 4.98 Å². The molecule has 0 aliphatic rings. The largest absolute Gasteiger partial charge is 0.436 e. The molecule has 0 bridgehead atoms. The number of halogens is 4. The Kier molecular flexibility index (Phi) is 3.16. The number of nitrogens with zero attached hydrogens (tertiary/aromatic N) is 1. The monoisotopic (exact) mass is 356 g/mol. The second-order valence-corrected chi connectivity index (χ2v) is 5.32. The molecule has 0 saturated heterocycles. The molecule has 3 aromatic rings. The van der Waals surface area contributed by atoms with Gasteiger partial charge < -0.3 is 10.2 Å². The van der Waals surface area contributed by atoms with Crippen LogP contribution < -0.4 is 5.73 Å². The average Bonchev–Trinajstić information content (AvgIpc) is 2.83. The van der Waals surface area contributed by atoms with Crippen molar-refractivity contribution in [3.8, 4) is 11.5 Å². The number of fused-ring (bicyclic) bond motifs is 1. The van der Waals surface area contributed by atoms with E-state index in [1.54, 1.807) is 18.2 Å². The number of rotatable bonds is 1. The van der Waals surface area contributed by atoms with E-state index in [0.717, 1.165) is 6.07 Å². The van der Waals surface area contributed by atoms with Gasteiger partial charge in [0.1, 0.15) is 5.52 Å². The minimum atomic E-state index is -4.51. The quantitative estimate of drug-likeness (QED) is 0.633. The second-order valence-electron chi connectivity index (χ2n) is 4.40.